The minimum absolute atomic E-state index is 0.0129. The molecule has 3 unspecified atom stereocenters. The number of carbonyl (C=O) groups excluding carboxylic acids is 2. The molecule has 4 aliphatic rings. The second-order valence-electron chi connectivity index (χ2n) is 10.3. The van der Waals surface area contributed by atoms with Gasteiger partial charge in [0, 0.05) is 41.6 Å². The second kappa shape index (κ2) is 10.1. The van der Waals surface area contributed by atoms with Gasteiger partial charge in [-0.2, -0.15) is 4.31 Å². The number of sulfonamides is 1. The van der Waals surface area contributed by atoms with Gasteiger partial charge in [0.15, 0.2) is 0 Å². The summed E-state index contributed by atoms with van der Waals surface area (Å²) in [5.74, 6) is -0.305. The molecule has 2 aromatic rings. The Hall–Kier alpha value is -1.69. The minimum atomic E-state index is -4.12. The summed E-state index contributed by atoms with van der Waals surface area (Å²) in [5.41, 5.74) is 0.900. The van der Waals surface area contributed by atoms with Crippen LogP contribution in [0.3, 0.4) is 0 Å². The summed E-state index contributed by atoms with van der Waals surface area (Å²) < 4.78 is 30.6. The zero-order chi connectivity index (χ0) is 26.8. The molecule has 0 bridgehead atoms. The summed E-state index contributed by atoms with van der Waals surface area (Å²) >= 11 is 15.9. The molecule has 0 N–H and O–H groups in total. The average molecular weight is 642 g/mol. The Bertz CT molecular complexity index is 1380. The van der Waals surface area contributed by atoms with Crippen LogP contribution in [0.15, 0.2) is 51.8 Å². The van der Waals surface area contributed by atoms with E-state index in [9.17, 15) is 18.0 Å². The number of carbonyl (C=O) groups is 2. The predicted molar refractivity (Wildman–Crippen MR) is 147 cm³/mol. The summed E-state index contributed by atoms with van der Waals surface area (Å²) in [4.78, 5) is 33.2. The van der Waals surface area contributed by atoms with Gasteiger partial charge in [0.2, 0.25) is 21.8 Å². The Kier molecular flexibility index (Phi) is 7.02. The monoisotopic (exact) mass is 640 g/mol. The molecular weight excluding hydrogens is 615 g/mol. The molecule has 0 spiro atoms. The van der Waals surface area contributed by atoms with Crippen LogP contribution in [0.2, 0.25) is 10.0 Å². The van der Waals surface area contributed by atoms with E-state index in [1.165, 1.54) is 22.5 Å². The van der Waals surface area contributed by atoms with Crippen molar-refractivity contribution >= 4 is 61.0 Å². The van der Waals surface area contributed by atoms with Crippen LogP contribution in [0.4, 0.5) is 0 Å². The molecule has 4 fully saturated rings. The number of halogens is 3. The van der Waals surface area contributed by atoms with Crippen LogP contribution in [0.25, 0.3) is 0 Å². The molecule has 1 aliphatic carbocycles. The van der Waals surface area contributed by atoms with Gasteiger partial charge in [0.25, 0.3) is 0 Å². The van der Waals surface area contributed by atoms with Crippen molar-refractivity contribution in [1.82, 2.24) is 19.0 Å². The topological polar surface area (TPSA) is 81.2 Å². The average Bonchev–Trinajstić information content (AvgIpc) is 3.67. The lowest BCUT2D eigenvalue weighted by atomic mass is 9.96. The van der Waals surface area contributed by atoms with Crippen LogP contribution in [0, 0.1) is 0 Å². The fraction of sp³-hybridized carbons (Fsp3) is 0.462. The number of fused-ring (bicyclic) bond motifs is 1. The van der Waals surface area contributed by atoms with E-state index < -0.39 is 28.3 Å². The number of hydrogen-bond acceptors (Lipinski definition) is 5. The Morgan fingerprint density at radius 3 is 2.26 bits per heavy atom. The highest BCUT2D eigenvalue weighted by molar-refractivity contribution is 9.10. The number of nitrogens with zero attached hydrogens (tertiary/aromatic N) is 4. The van der Waals surface area contributed by atoms with Gasteiger partial charge in [-0.25, -0.2) is 8.42 Å². The minimum Gasteiger partial charge on any atom is -0.334 e. The molecule has 1 saturated carbocycles. The Balaban J connectivity index is 1.44. The number of amides is 2. The number of rotatable bonds is 6. The molecule has 202 valence electrons. The number of likely N-dealkylation sites (tertiary alicyclic amines) is 1. The Morgan fingerprint density at radius 2 is 1.66 bits per heavy atom. The van der Waals surface area contributed by atoms with Crippen molar-refractivity contribution in [3.05, 3.63) is 62.5 Å². The molecule has 0 radical (unpaired) electrons. The largest absolute Gasteiger partial charge is 0.334 e. The third-order valence-corrected chi connectivity index (χ3v) is 11.1. The highest BCUT2D eigenvalue weighted by atomic mass is 79.9. The third kappa shape index (κ3) is 4.67. The molecule has 3 atom stereocenters. The molecule has 3 aliphatic heterocycles. The first kappa shape index (κ1) is 26.5. The van der Waals surface area contributed by atoms with E-state index >= 15 is 0 Å². The number of hydrogen-bond donors (Lipinski definition) is 0. The van der Waals surface area contributed by atoms with E-state index in [0.29, 0.717) is 24.5 Å². The molecule has 0 aromatic heterocycles. The van der Waals surface area contributed by atoms with E-state index in [4.69, 9.17) is 23.2 Å². The van der Waals surface area contributed by atoms with Crippen LogP contribution < -0.4 is 0 Å². The Morgan fingerprint density at radius 1 is 0.947 bits per heavy atom. The van der Waals surface area contributed by atoms with Crippen LogP contribution in [-0.4, -0.2) is 89.7 Å². The SMILES string of the molecule is O=C1C(Cc2ccc(Br)cc2)N2C(=O)C(N3CCC3)CN(S(=O)(=O)c3ccc(Cl)cc3Cl)C2CN1C1CC1. The van der Waals surface area contributed by atoms with Crippen molar-refractivity contribution < 1.29 is 18.0 Å². The van der Waals surface area contributed by atoms with Gasteiger partial charge in [0.1, 0.15) is 23.1 Å². The van der Waals surface area contributed by atoms with Crippen molar-refractivity contribution in [3.63, 3.8) is 0 Å². The van der Waals surface area contributed by atoms with E-state index in [-0.39, 0.29) is 40.9 Å². The van der Waals surface area contributed by atoms with Crippen LogP contribution in [-0.2, 0) is 26.0 Å². The van der Waals surface area contributed by atoms with E-state index in [1.807, 2.05) is 29.2 Å². The van der Waals surface area contributed by atoms with Crippen molar-refractivity contribution in [2.24, 2.45) is 0 Å². The standard InChI is InChI=1S/C26H27BrCl2N4O4S/c27-17-4-2-16(3-5-17)12-21-25(34)31(19-7-8-19)15-24-32(14-22(26(35)33(21)24)30-10-1-11-30)38(36,37)23-9-6-18(28)13-20(23)29/h2-6,9,13,19,21-22,24H,1,7-8,10-12,14-15H2. The van der Waals surface area contributed by atoms with Crippen LogP contribution >= 0.6 is 39.1 Å². The molecule has 3 saturated heterocycles. The molecule has 38 heavy (non-hydrogen) atoms. The second-order valence-corrected chi connectivity index (χ2v) is 14.0. The first-order valence-corrected chi connectivity index (χ1v) is 15.7. The number of benzene rings is 2. The molecule has 12 heteroatoms. The van der Waals surface area contributed by atoms with E-state index in [1.54, 1.807) is 9.80 Å². The maximum atomic E-state index is 14.2. The fourth-order valence-corrected chi connectivity index (χ4v) is 8.27. The molecule has 6 rings (SSSR count). The summed E-state index contributed by atoms with van der Waals surface area (Å²) in [6.45, 7) is 1.58. The van der Waals surface area contributed by atoms with Crippen LogP contribution in [0.5, 0.6) is 0 Å². The first-order chi connectivity index (χ1) is 18.1. The first-order valence-electron chi connectivity index (χ1n) is 12.7. The summed E-state index contributed by atoms with van der Waals surface area (Å²) in [6, 6.07) is 10.6. The smallest absolute Gasteiger partial charge is 0.246 e. The van der Waals surface area contributed by atoms with E-state index in [2.05, 4.69) is 15.9 Å². The molecule has 2 amide bonds. The third-order valence-electron chi connectivity index (χ3n) is 7.95. The van der Waals surface area contributed by atoms with Crippen molar-refractivity contribution in [2.75, 3.05) is 26.2 Å². The van der Waals surface area contributed by atoms with Crippen molar-refractivity contribution in [1.29, 1.82) is 0 Å². The zero-order valence-corrected chi connectivity index (χ0v) is 24.4. The predicted octanol–water partition coefficient (Wildman–Crippen LogP) is 3.61. The van der Waals surface area contributed by atoms with Gasteiger partial charge in [-0.3, -0.25) is 14.5 Å². The normalized spacial score (nSPS) is 26.9. The molecule has 2 aromatic carbocycles. The summed E-state index contributed by atoms with van der Waals surface area (Å²) in [6.07, 6.45) is 2.18. The van der Waals surface area contributed by atoms with Gasteiger partial charge in [0.05, 0.1) is 11.6 Å². The number of piperazine rings is 1. The fourth-order valence-electron chi connectivity index (χ4n) is 5.68. The lowest BCUT2D eigenvalue weighted by Gasteiger charge is -2.55. The maximum Gasteiger partial charge on any atom is 0.246 e. The highest BCUT2D eigenvalue weighted by Gasteiger charge is 2.56. The van der Waals surface area contributed by atoms with Gasteiger partial charge in [-0.15, -0.1) is 0 Å². The highest BCUT2D eigenvalue weighted by Crippen LogP contribution is 2.39. The quantitative estimate of drug-likeness (QED) is 0.482. The van der Waals surface area contributed by atoms with Gasteiger partial charge in [-0.05, 0) is 55.2 Å². The van der Waals surface area contributed by atoms with Gasteiger partial charge < -0.3 is 9.80 Å². The van der Waals surface area contributed by atoms with Gasteiger partial charge >= 0.3 is 0 Å². The molecule has 8 nitrogen and oxygen atoms in total. The zero-order valence-electron chi connectivity index (χ0n) is 20.5. The summed E-state index contributed by atoms with van der Waals surface area (Å²) in [5, 5.41) is 0.361. The summed E-state index contributed by atoms with van der Waals surface area (Å²) in [7, 11) is -4.12. The Labute approximate surface area is 240 Å². The van der Waals surface area contributed by atoms with Crippen molar-refractivity contribution in [2.45, 2.75) is 54.9 Å². The molecule has 3 heterocycles. The van der Waals surface area contributed by atoms with Gasteiger partial charge in [-0.1, -0.05) is 51.3 Å². The van der Waals surface area contributed by atoms with Crippen LogP contribution in [0.1, 0.15) is 24.8 Å². The lowest BCUT2D eigenvalue weighted by molar-refractivity contribution is -0.172. The molecular formula is C26H27BrCl2N4O4S. The van der Waals surface area contributed by atoms with Crippen molar-refractivity contribution in [3.8, 4) is 0 Å². The lowest BCUT2D eigenvalue weighted by Crippen LogP contribution is -2.76. The maximum absolute atomic E-state index is 14.2. The van der Waals surface area contributed by atoms with E-state index in [0.717, 1.165) is 29.3 Å².